The zero-order valence-electron chi connectivity index (χ0n) is 50.0. The fraction of sp³-hybridized carbons (Fsp3) is 0.662. The highest BCUT2D eigenvalue weighted by Crippen LogP contribution is 2.38. The van der Waals surface area contributed by atoms with E-state index in [0.29, 0.717) is 53.8 Å². The standard InChI is InChI=1S/C62H99N3O2.2C2H6.C2H2/c1-17-56(35-27-25-33-48(9)59(20-4)52(13)53(14)64-40-30-29-36-60(64)54(15)66)47(8)32-24-22-23-31-45(6)41-49(10)51(12)57(18-2)43-46(7)42-50(11)62(67)37-28-26-34-55-38-39-61(58(19-3)44-55)65(21-5)63-16;3*1-2/h4,21-24,31-32,42,45,48-50,55-61H,5,12-14,16-19,25-30,33-41,43-44H2,1-3,6-11,15H3;2*1-2H3;1-2H/b24-22+,31-23+,46-42+,47-32+;;;/t45-,48?,49?,50-,55?,56+,57?,58?,59?,60?,61?;;;/m1.../s1. The summed E-state index contributed by atoms with van der Waals surface area (Å²) in [5.41, 5.74) is 5.84. The Kier molecular flexibility index (Phi) is 40.6. The van der Waals surface area contributed by atoms with Crippen LogP contribution >= 0.6 is 0 Å². The molecule has 5 nitrogen and oxygen atoms in total. The first-order chi connectivity index (χ1) is 35.0. The molecule has 2 aliphatic rings. The minimum absolute atomic E-state index is 0.0377. The van der Waals surface area contributed by atoms with E-state index in [1.165, 1.54) is 48.8 Å². The van der Waals surface area contributed by atoms with E-state index < -0.39 is 0 Å². The number of terminal acetylenes is 2. The molecule has 0 amide bonds. The molecule has 412 valence electrons. The van der Waals surface area contributed by atoms with Gasteiger partial charge in [0, 0.05) is 43.4 Å². The van der Waals surface area contributed by atoms with Gasteiger partial charge >= 0.3 is 0 Å². The first-order valence-corrected chi connectivity index (χ1v) is 29.2. The number of hydrazone groups is 1. The molecule has 2 rings (SSSR count). The van der Waals surface area contributed by atoms with Crippen molar-refractivity contribution in [2.45, 2.75) is 231 Å². The first kappa shape index (κ1) is 70.7. The van der Waals surface area contributed by atoms with Crippen LogP contribution < -0.4 is 0 Å². The number of carbonyl (C=O) groups excluding carboxylic acids is 2. The van der Waals surface area contributed by atoms with Gasteiger partial charge in [-0.25, -0.2) is 0 Å². The van der Waals surface area contributed by atoms with Crippen LogP contribution in [0.15, 0.2) is 102 Å². The van der Waals surface area contributed by atoms with Crippen molar-refractivity contribution in [3.05, 3.63) is 97.0 Å². The van der Waals surface area contributed by atoms with Crippen molar-refractivity contribution >= 4 is 18.3 Å². The summed E-state index contributed by atoms with van der Waals surface area (Å²) in [6.45, 7) is 51.9. The molecule has 1 aliphatic carbocycles. The zero-order chi connectivity index (χ0) is 56.1. The molecule has 0 aromatic rings. The van der Waals surface area contributed by atoms with Crippen LogP contribution in [0.5, 0.6) is 0 Å². The van der Waals surface area contributed by atoms with Crippen LogP contribution in [-0.2, 0) is 9.59 Å². The van der Waals surface area contributed by atoms with Gasteiger partial charge in [-0.3, -0.25) is 14.6 Å². The van der Waals surface area contributed by atoms with Crippen LogP contribution in [-0.4, -0.2) is 46.8 Å². The zero-order valence-corrected chi connectivity index (χ0v) is 50.0. The summed E-state index contributed by atoms with van der Waals surface area (Å²) in [4.78, 5) is 27.7. The lowest BCUT2D eigenvalue weighted by molar-refractivity contribution is -0.122. The number of piperidine rings is 1. The smallest absolute Gasteiger partial charge is 0.152 e. The van der Waals surface area contributed by atoms with E-state index >= 15 is 0 Å². The topological polar surface area (TPSA) is 53.0 Å². The van der Waals surface area contributed by atoms with Gasteiger partial charge in [0.15, 0.2) is 5.78 Å². The summed E-state index contributed by atoms with van der Waals surface area (Å²) in [5, 5.41) is 6.15. The quantitative estimate of drug-likeness (QED) is 0.0164. The highest BCUT2D eigenvalue weighted by atomic mass is 16.1. The Hall–Kier alpha value is -4.35. The monoisotopic (exact) mass is 1000 g/mol. The maximum atomic E-state index is 13.2. The predicted octanol–water partition coefficient (Wildman–Crippen LogP) is 18.9. The molecule has 0 aromatic carbocycles. The third-order valence-electron chi connectivity index (χ3n) is 16.0. The molecule has 5 heteroatoms. The van der Waals surface area contributed by atoms with Gasteiger partial charge in [-0.05, 0) is 151 Å². The molecule has 0 radical (unpaired) electrons. The minimum atomic E-state index is -0.102. The second-order valence-electron chi connectivity index (χ2n) is 21.1. The van der Waals surface area contributed by atoms with Gasteiger partial charge < -0.3 is 4.90 Å². The number of nitrogens with zero attached hydrogens (tertiary/aromatic N) is 3. The fourth-order valence-corrected chi connectivity index (χ4v) is 11.4. The van der Waals surface area contributed by atoms with Gasteiger partial charge in [0.1, 0.15) is 5.78 Å². The molecule has 1 heterocycles. The van der Waals surface area contributed by atoms with Crippen molar-refractivity contribution in [3.8, 4) is 25.2 Å². The van der Waals surface area contributed by atoms with Gasteiger partial charge in [0.25, 0.3) is 0 Å². The lowest BCUT2D eigenvalue weighted by Gasteiger charge is -2.39. The molecule has 11 atom stereocenters. The van der Waals surface area contributed by atoms with E-state index in [4.69, 9.17) is 6.42 Å². The summed E-state index contributed by atoms with van der Waals surface area (Å²) >= 11 is 0. The summed E-state index contributed by atoms with van der Waals surface area (Å²) in [5.74, 6) is 7.03. The van der Waals surface area contributed by atoms with Crippen molar-refractivity contribution in [1.82, 2.24) is 9.91 Å². The van der Waals surface area contributed by atoms with Crippen LogP contribution in [0.4, 0.5) is 0 Å². The lowest BCUT2D eigenvalue weighted by atomic mass is 9.74. The van der Waals surface area contributed by atoms with Crippen LogP contribution in [0.1, 0.15) is 219 Å². The first-order valence-electron chi connectivity index (χ1n) is 29.2. The third-order valence-corrected chi connectivity index (χ3v) is 16.0. The second-order valence-corrected chi connectivity index (χ2v) is 21.1. The number of hydrogen-bond donors (Lipinski definition) is 0. The number of unbranched alkanes of at least 4 members (excludes halogenated alkanes) is 2. The van der Waals surface area contributed by atoms with Crippen molar-refractivity contribution < 1.29 is 9.59 Å². The predicted molar refractivity (Wildman–Crippen MR) is 325 cm³/mol. The summed E-state index contributed by atoms with van der Waals surface area (Å²) in [7, 11) is 0. The van der Waals surface area contributed by atoms with Crippen LogP contribution in [0.25, 0.3) is 0 Å². The molecule has 0 aromatic heterocycles. The highest BCUT2D eigenvalue weighted by molar-refractivity contribution is 5.82. The van der Waals surface area contributed by atoms with Crippen molar-refractivity contribution in [1.29, 1.82) is 0 Å². The SMILES string of the molecule is C#C.C#CC(C(=C)C(=C)N1CCCCC1C(C)=O)C(C)CCCC[C@H](CC)/C(C)=C/C=C/C=C/[C@@H](C)CC(C)C(=C)C(CC)C/C(C)=C/[C@@H](C)C(=O)CCCCC1CCC(N(C=C)N=C)C(CC)C1.CC.CC. The summed E-state index contributed by atoms with van der Waals surface area (Å²) in [6, 6.07) is 0.320. The molecular weight excluding hydrogens is 891 g/mol. The molecule has 8 unspecified atom stereocenters. The van der Waals surface area contributed by atoms with E-state index in [-0.39, 0.29) is 23.7 Å². The van der Waals surface area contributed by atoms with Crippen molar-refractivity contribution in [3.63, 3.8) is 0 Å². The maximum Gasteiger partial charge on any atom is 0.152 e. The average Bonchev–Trinajstić information content (AvgIpc) is 3.40. The normalized spacial score (nSPS) is 20.9. The summed E-state index contributed by atoms with van der Waals surface area (Å²) in [6.07, 6.45) is 49.9. The van der Waals surface area contributed by atoms with E-state index in [1.807, 2.05) is 38.9 Å². The number of Topliss-reactive ketones (excluding diaryl/α,β-unsaturated/α-hetero) is 2. The molecule has 0 N–H and O–H groups in total. The number of rotatable bonds is 33. The van der Waals surface area contributed by atoms with E-state index in [2.05, 4.69) is 161 Å². The average molecular weight is 1000 g/mol. The van der Waals surface area contributed by atoms with Crippen LogP contribution in [0.2, 0.25) is 0 Å². The molecule has 1 aliphatic heterocycles. The largest absolute Gasteiger partial charge is 0.362 e. The lowest BCUT2D eigenvalue weighted by Crippen LogP contribution is -2.43. The van der Waals surface area contributed by atoms with Gasteiger partial charge in [-0.2, -0.15) is 5.10 Å². The molecule has 0 bridgehead atoms. The number of likely N-dealkylation sites (tertiary alicyclic amines) is 1. The second kappa shape index (κ2) is 41.9. The molecule has 1 saturated carbocycles. The molecule has 73 heavy (non-hydrogen) atoms. The van der Waals surface area contributed by atoms with Gasteiger partial charge in [0.05, 0.1) is 12.1 Å². The fourth-order valence-electron chi connectivity index (χ4n) is 11.4. The van der Waals surface area contributed by atoms with Gasteiger partial charge in [-0.1, -0.05) is 194 Å². The Morgan fingerprint density at radius 2 is 1.49 bits per heavy atom. The van der Waals surface area contributed by atoms with Crippen LogP contribution in [0.3, 0.4) is 0 Å². The minimum Gasteiger partial charge on any atom is -0.362 e. The Morgan fingerprint density at radius 3 is 2.07 bits per heavy atom. The van der Waals surface area contributed by atoms with Crippen molar-refractivity contribution in [2.24, 2.45) is 58.4 Å². The van der Waals surface area contributed by atoms with E-state index in [9.17, 15) is 9.59 Å². The molecule has 0 spiro atoms. The molecule has 1 saturated heterocycles. The maximum absolute atomic E-state index is 13.2. The van der Waals surface area contributed by atoms with E-state index in [1.54, 1.807) is 6.92 Å². The number of hydrogen-bond acceptors (Lipinski definition) is 5. The Labute approximate surface area is 453 Å². The number of carbonyl (C=O) groups is 2. The van der Waals surface area contributed by atoms with Gasteiger partial charge in [0.2, 0.25) is 0 Å². The summed E-state index contributed by atoms with van der Waals surface area (Å²) < 4.78 is 0. The molecule has 2 fully saturated rings. The highest BCUT2D eigenvalue weighted by Gasteiger charge is 2.33. The Morgan fingerprint density at radius 1 is 0.849 bits per heavy atom. The third kappa shape index (κ3) is 26.1. The number of ketones is 2. The number of allylic oxidation sites excluding steroid dienone is 10. The Bertz CT molecular complexity index is 1790. The van der Waals surface area contributed by atoms with E-state index in [0.717, 1.165) is 107 Å². The molecular formula is C68H113N3O2. The Balaban J connectivity index is 0. The van der Waals surface area contributed by atoms with Crippen LogP contribution in [0, 0.1) is 78.5 Å². The van der Waals surface area contributed by atoms with Crippen molar-refractivity contribution in [2.75, 3.05) is 6.54 Å². The van der Waals surface area contributed by atoms with Gasteiger partial charge in [-0.15, -0.1) is 19.3 Å².